The highest BCUT2D eigenvalue weighted by Crippen LogP contribution is 2.33. The third-order valence-electron chi connectivity index (χ3n) is 2.88. The fraction of sp³-hybridized carbons (Fsp3) is 0.667. The summed E-state index contributed by atoms with van der Waals surface area (Å²) in [4.78, 5) is 0. The zero-order valence-corrected chi connectivity index (χ0v) is 8.28. The van der Waals surface area contributed by atoms with Crippen LogP contribution in [-0.4, -0.2) is 11.2 Å². The molecular formula is C12H20O. The van der Waals surface area contributed by atoms with E-state index in [1.807, 2.05) is 12.2 Å². The molecule has 1 aliphatic rings. The molecule has 1 aliphatic carbocycles. The van der Waals surface area contributed by atoms with Gasteiger partial charge in [-0.3, -0.25) is 0 Å². The normalized spacial score (nSPS) is 34.1. The van der Waals surface area contributed by atoms with Gasteiger partial charge in [-0.15, -0.1) is 13.2 Å². The summed E-state index contributed by atoms with van der Waals surface area (Å²) in [5.41, 5.74) is 0. The topological polar surface area (TPSA) is 20.2 Å². The number of allylic oxidation sites excluding steroid dienone is 2. The lowest BCUT2D eigenvalue weighted by Gasteiger charge is -2.31. The summed E-state index contributed by atoms with van der Waals surface area (Å²) < 4.78 is 0. The van der Waals surface area contributed by atoms with E-state index in [9.17, 15) is 5.11 Å². The van der Waals surface area contributed by atoms with E-state index in [4.69, 9.17) is 0 Å². The smallest absolute Gasteiger partial charge is 0.0545 e. The van der Waals surface area contributed by atoms with Crippen molar-refractivity contribution in [3.05, 3.63) is 25.3 Å². The van der Waals surface area contributed by atoms with Gasteiger partial charge in [-0.05, 0) is 43.9 Å². The molecule has 1 nitrogen and oxygen atoms in total. The van der Waals surface area contributed by atoms with Gasteiger partial charge in [0.15, 0.2) is 0 Å². The van der Waals surface area contributed by atoms with Crippen molar-refractivity contribution in [1.82, 2.24) is 0 Å². The maximum Gasteiger partial charge on any atom is 0.0545 e. The highest BCUT2D eigenvalue weighted by molar-refractivity contribution is 4.85. The fourth-order valence-electron chi connectivity index (χ4n) is 2.39. The van der Waals surface area contributed by atoms with Crippen molar-refractivity contribution in [3.63, 3.8) is 0 Å². The van der Waals surface area contributed by atoms with Crippen molar-refractivity contribution >= 4 is 0 Å². The van der Waals surface area contributed by atoms with Gasteiger partial charge in [0, 0.05) is 0 Å². The van der Waals surface area contributed by atoms with Crippen LogP contribution in [0, 0.1) is 11.8 Å². The predicted octanol–water partition coefficient (Wildman–Crippen LogP) is 2.92. The lowest BCUT2D eigenvalue weighted by Crippen LogP contribution is -2.25. The maximum atomic E-state index is 9.63. The SMILES string of the molecule is C=CCC1CC(O)CC(CC=C)C1. The van der Waals surface area contributed by atoms with Crippen LogP contribution in [0.4, 0.5) is 0 Å². The molecule has 13 heavy (non-hydrogen) atoms. The van der Waals surface area contributed by atoms with Gasteiger partial charge in [0.05, 0.1) is 6.10 Å². The molecule has 0 heterocycles. The van der Waals surface area contributed by atoms with Crippen molar-refractivity contribution in [3.8, 4) is 0 Å². The van der Waals surface area contributed by atoms with Crippen molar-refractivity contribution in [2.24, 2.45) is 11.8 Å². The van der Waals surface area contributed by atoms with Crippen LogP contribution in [0.3, 0.4) is 0 Å². The summed E-state index contributed by atoms with van der Waals surface area (Å²) in [5, 5.41) is 9.63. The molecule has 0 amide bonds. The van der Waals surface area contributed by atoms with Crippen LogP contribution in [0.5, 0.6) is 0 Å². The van der Waals surface area contributed by atoms with Gasteiger partial charge in [0.1, 0.15) is 0 Å². The predicted molar refractivity (Wildman–Crippen MR) is 56.5 cm³/mol. The molecule has 1 N–H and O–H groups in total. The molecule has 1 heteroatoms. The van der Waals surface area contributed by atoms with Gasteiger partial charge in [0.25, 0.3) is 0 Å². The standard InChI is InChI=1S/C12H20O/c1-3-5-10-7-11(6-4-2)9-12(13)8-10/h3-4,10-13H,1-2,5-9H2. The molecule has 0 saturated heterocycles. The Balaban J connectivity index is 2.41. The number of hydrogen-bond acceptors (Lipinski definition) is 1. The van der Waals surface area contributed by atoms with E-state index in [1.54, 1.807) is 0 Å². The second kappa shape index (κ2) is 5.23. The average Bonchev–Trinajstić information content (AvgIpc) is 2.04. The van der Waals surface area contributed by atoms with Crippen LogP contribution in [0.15, 0.2) is 25.3 Å². The van der Waals surface area contributed by atoms with E-state index >= 15 is 0 Å². The number of hydrogen-bond donors (Lipinski definition) is 1. The van der Waals surface area contributed by atoms with Crippen molar-refractivity contribution in [2.45, 2.75) is 38.2 Å². The Morgan fingerprint density at radius 2 is 1.46 bits per heavy atom. The molecule has 0 spiro atoms. The Morgan fingerprint density at radius 3 is 1.85 bits per heavy atom. The van der Waals surface area contributed by atoms with Crippen LogP contribution in [0.25, 0.3) is 0 Å². The second-order valence-corrected chi connectivity index (χ2v) is 4.14. The average molecular weight is 180 g/mol. The molecule has 0 radical (unpaired) electrons. The fourth-order valence-corrected chi connectivity index (χ4v) is 2.39. The van der Waals surface area contributed by atoms with E-state index in [2.05, 4.69) is 13.2 Å². The van der Waals surface area contributed by atoms with E-state index in [0.29, 0.717) is 11.8 Å². The van der Waals surface area contributed by atoms with Gasteiger partial charge >= 0.3 is 0 Å². The molecule has 1 saturated carbocycles. The van der Waals surface area contributed by atoms with Crippen molar-refractivity contribution in [1.29, 1.82) is 0 Å². The molecule has 74 valence electrons. The first-order valence-electron chi connectivity index (χ1n) is 5.16. The lowest BCUT2D eigenvalue weighted by molar-refractivity contribution is 0.0714. The minimum absolute atomic E-state index is 0.0938. The summed E-state index contributed by atoms with van der Waals surface area (Å²) in [6, 6.07) is 0. The van der Waals surface area contributed by atoms with Gasteiger partial charge in [-0.2, -0.15) is 0 Å². The Labute approximate surface area is 81.2 Å². The summed E-state index contributed by atoms with van der Waals surface area (Å²) in [6.07, 6.45) is 9.08. The molecule has 2 unspecified atom stereocenters. The minimum Gasteiger partial charge on any atom is -0.393 e. The Kier molecular flexibility index (Phi) is 4.23. The molecule has 0 aliphatic heterocycles. The third kappa shape index (κ3) is 3.35. The van der Waals surface area contributed by atoms with Crippen LogP contribution < -0.4 is 0 Å². The lowest BCUT2D eigenvalue weighted by atomic mass is 9.77. The van der Waals surface area contributed by atoms with Gasteiger partial charge in [0.2, 0.25) is 0 Å². The Bertz CT molecular complexity index is 156. The largest absolute Gasteiger partial charge is 0.393 e. The number of rotatable bonds is 4. The molecule has 0 aromatic carbocycles. The van der Waals surface area contributed by atoms with Crippen molar-refractivity contribution < 1.29 is 5.11 Å². The first kappa shape index (κ1) is 10.5. The van der Waals surface area contributed by atoms with E-state index in [0.717, 1.165) is 25.7 Å². The first-order valence-corrected chi connectivity index (χ1v) is 5.16. The van der Waals surface area contributed by atoms with Crippen LogP contribution >= 0.6 is 0 Å². The second-order valence-electron chi connectivity index (χ2n) is 4.14. The van der Waals surface area contributed by atoms with Crippen LogP contribution in [0.2, 0.25) is 0 Å². The van der Waals surface area contributed by atoms with Crippen LogP contribution in [-0.2, 0) is 0 Å². The number of aliphatic hydroxyl groups is 1. The van der Waals surface area contributed by atoms with Crippen molar-refractivity contribution in [2.75, 3.05) is 0 Å². The summed E-state index contributed by atoms with van der Waals surface area (Å²) in [5.74, 6) is 1.29. The molecule has 1 fully saturated rings. The van der Waals surface area contributed by atoms with E-state index in [1.165, 1.54) is 6.42 Å². The minimum atomic E-state index is -0.0938. The maximum absolute atomic E-state index is 9.63. The quantitative estimate of drug-likeness (QED) is 0.659. The molecule has 1 rings (SSSR count). The van der Waals surface area contributed by atoms with Gasteiger partial charge in [-0.1, -0.05) is 12.2 Å². The zero-order chi connectivity index (χ0) is 9.68. The number of aliphatic hydroxyl groups excluding tert-OH is 1. The molecule has 0 aromatic rings. The zero-order valence-electron chi connectivity index (χ0n) is 8.28. The van der Waals surface area contributed by atoms with Gasteiger partial charge in [-0.25, -0.2) is 0 Å². The highest BCUT2D eigenvalue weighted by Gasteiger charge is 2.25. The molecule has 0 bridgehead atoms. The van der Waals surface area contributed by atoms with E-state index in [-0.39, 0.29) is 6.10 Å². The van der Waals surface area contributed by atoms with E-state index < -0.39 is 0 Å². The summed E-state index contributed by atoms with van der Waals surface area (Å²) in [6.45, 7) is 7.50. The molecule has 2 atom stereocenters. The third-order valence-corrected chi connectivity index (χ3v) is 2.88. The molecule has 0 aromatic heterocycles. The summed E-state index contributed by atoms with van der Waals surface area (Å²) >= 11 is 0. The molecular weight excluding hydrogens is 160 g/mol. The highest BCUT2D eigenvalue weighted by atomic mass is 16.3. The summed E-state index contributed by atoms with van der Waals surface area (Å²) in [7, 11) is 0. The van der Waals surface area contributed by atoms with Crippen LogP contribution in [0.1, 0.15) is 32.1 Å². The van der Waals surface area contributed by atoms with Gasteiger partial charge < -0.3 is 5.11 Å². The Morgan fingerprint density at radius 1 is 1.00 bits per heavy atom. The Hall–Kier alpha value is -0.560. The first-order chi connectivity index (χ1) is 6.26. The monoisotopic (exact) mass is 180 g/mol.